The predicted molar refractivity (Wildman–Crippen MR) is 109 cm³/mol. The van der Waals surface area contributed by atoms with Crippen molar-refractivity contribution in [3.05, 3.63) is 35.4 Å². The molecule has 1 aromatic rings. The molecule has 0 radical (unpaired) electrons. The molecule has 6 nitrogen and oxygen atoms in total. The summed E-state index contributed by atoms with van der Waals surface area (Å²) >= 11 is 0. The Labute approximate surface area is 161 Å². The Morgan fingerprint density at radius 1 is 1.17 bits per heavy atom. The highest BCUT2D eigenvalue weighted by atomic mass is 127. The van der Waals surface area contributed by atoms with Crippen LogP contribution in [0.1, 0.15) is 36.7 Å². The lowest BCUT2D eigenvalue weighted by molar-refractivity contribution is 0.0956. The minimum Gasteiger partial charge on any atom is -0.383 e. The number of benzene rings is 1. The fraction of sp³-hybridized carbons (Fsp3) is 0.529. The largest absolute Gasteiger partial charge is 0.383 e. The molecule has 0 aliphatic rings. The Balaban J connectivity index is 0.00000529. The second-order valence-electron chi connectivity index (χ2n) is 5.25. The number of rotatable bonds is 8. The third kappa shape index (κ3) is 8.49. The zero-order valence-electron chi connectivity index (χ0n) is 14.9. The Morgan fingerprint density at radius 2 is 1.79 bits per heavy atom. The minimum absolute atomic E-state index is 0. The summed E-state index contributed by atoms with van der Waals surface area (Å²) in [4.78, 5) is 16.3. The molecule has 1 unspecified atom stereocenters. The van der Waals surface area contributed by atoms with Crippen molar-refractivity contribution in [2.45, 2.75) is 33.4 Å². The van der Waals surface area contributed by atoms with Gasteiger partial charge in [0.15, 0.2) is 5.96 Å². The maximum Gasteiger partial charge on any atom is 0.251 e. The molecule has 1 amide bonds. The topological polar surface area (TPSA) is 74.8 Å². The molecule has 3 N–H and O–H groups in total. The van der Waals surface area contributed by atoms with E-state index in [1.54, 1.807) is 7.11 Å². The quantitative estimate of drug-likeness (QED) is 0.324. The van der Waals surface area contributed by atoms with Gasteiger partial charge in [0.2, 0.25) is 0 Å². The van der Waals surface area contributed by atoms with Crippen molar-refractivity contribution >= 4 is 35.8 Å². The molecule has 0 bridgehead atoms. The standard InChI is InChI=1S/C17H28N4O2.HI/c1-5-18-16(22)15-9-7-14(8-10-15)11-20-17(19-6-2)21-13(3)12-23-4;/h7-10,13H,5-6,11-12H2,1-4H3,(H,18,22)(H2,19,20,21);1H. The minimum atomic E-state index is -0.0500. The number of nitrogens with one attached hydrogen (secondary N) is 3. The summed E-state index contributed by atoms with van der Waals surface area (Å²) in [7, 11) is 1.68. The van der Waals surface area contributed by atoms with E-state index in [4.69, 9.17) is 4.74 Å². The fourth-order valence-corrected chi connectivity index (χ4v) is 2.04. The maximum absolute atomic E-state index is 11.7. The molecule has 0 spiro atoms. The molecule has 136 valence electrons. The van der Waals surface area contributed by atoms with Crippen molar-refractivity contribution in [1.29, 1.82) is 0 Å². The van der Waals surface area contributed by atoms with Gasteiger partial charge >= 0.3 is 0 Å². The summed E-state index contributed by atoms with van der Waals surface area (Å²) in [5, 5.41) is 9.28. The van der Waals surface area contributed by atoms with Gasteiger partial charge in [-0.05, 0) is 38.5 Å². The van der Waals surface area contributed by atoms with Crippen molar-refractivity contribution in [2.24, 2.45) is 4.99 Å². The average molecular weight is 448 g/mol. The number of carbonyl (C=O) groups is 1. The van der Waals surface area contributed by atoms with Crippen LogP contribution >= 0.6 is 24.0 Å². The zero-order valence-corrected chi connectivity index (χ0v) is 17.2. The molecule has 0 fully saturated rings. The van der Waals surface area contributed by atoms with E-state index in [9.17, 15) is 4.79 Å². The number of nitrogens with zero attached hydrogens (tertiary/aromatic N) is 1. The number of carbonyl (C=O) groups excluding carboxylic acids is 1. The second kappa shape index (κ2) is 13.0. The lowest BCUT2D eigenvalue weighted by Gasteiger charge is -2.17. The Hall–Kier alpha value is -1.35. The lowest BCUT2D eigenvalue weighted by atomic mass is 10.1. The van der Waals surface area contributed by atoms with Gasteiger partial charge in [0.25, 0.3) is 5.91 Å². The number of amides is 1. The van der Waals surface area contributed by atoms with Crippen LogP contribution in [0.5, 0.6) is 0 Å². The first kappa shape index (κ1) is 22.6. The van der Waals surface area contributed by atoms with Crippen LogP contribution in [0.4, 0.5) is 0 Å². The van der Waals surface area contributed by atoms with E-state index >= 15 is 0 Å². The van der Waals surface area contributed by atoms with E-state index in [2.05, 4.69) is 20.9 Å². The van der Waals surface area contributed by atoms with E-state index in [1.807, 2.05) is 45.0 Å². The summed E-state index contributed by atoms with van der Waals surface area (Å²) in [6, 6.07) is 7.68. The molecule has 1 atom stereocenters. The van der Waals surface area contributed by atoms with Crippen molar-refractivity contribution in [1.82, 2.24) is 16.0 Å². The Morgan fingerprint density at radius 3 is 2.33 bits per heavy atom. The van der Waals surface area contributed by atoms with E-state index in [-0.39, 0.29) is 35.9 Å². The molecule has 0 aliphatic heterocycles. The highest BCUT2D eigenvalue weighted by Gasteiger charge is 2.05. The number of hydrogen-bond acceptors (Lipinski definition) is 3. The Bertz CT molecular complexity index is 506. The molecular formula is C17H29IN4O2. The van der Waals surface area contributed by atoms with Crippen LogP contribution in [0.15, 0.2) is 29.3 Å². The van der Waals surface area contributed by atoms with Gasteiger partial charge in [-0.2, -0.15) is 0 Å². The fourth-order valence-electron chi connectivity index (χ4n) is 2.04. The van der Waals surface area contributed by atoms with Gasteiger partial charge in [0.05, 0.1) is 13.2 Å². The van der Waals surface area contributed by atoms with Crippen molar-refractivity contribution in [3.63, 3.8) is 0 Å². The van der Waals surface area contributed by atoms with E-state index in [1.165, 1.54) is 0 Å². The van der Waals surface area contributed by atoms with Gasteiger partial charge < -0.3 is 20.7 Å². The number of aliphatic imine (C=N–C) groups is 1. The van der Waals surface area contributed by atoms with Crippen molar-refractivity contribution < 1.29 is 9.53 Å². The van der Waals surface area contributed by atoms with Crippen LogP contribution in [0.2, 0.25) is 0 Å². The number of methoxy groups -OCH3 is 1. The number of halogens is 1. The zero-order chi connectivity index (χ0) is 17.1. The molecule has 0 saturated carbocycles. The number of hydrogen-bond donors (Lipinski definition) is 3. The van der Waals surface area contributed by atoms with Gasteiger partial charge in [0.1, 0.15) is 0 Å². The molecule has 1 rings (SSSR count). The van der Waals surface area contributed by atoms with E-state index < -0.39 is 0 Å². The molecule has 0 saturated heterocycles. The first-order valence-corrected chi connectivity index (χ1v) is 8.01. The third-order valence-electron chi connectivity index (χ3n) is 3.12. The predicted octanol–water partition coefficient (Wildman–Crippen LogP) is 2.14. The first-order valence-electron chi connectivity index (χ1n) is 8.01. The third-order valence-corrected chi connectivity index (χ3v) is 3.12. The molecule has 24 heavy (non-hydrogen) atoms. The monoisotopic (exact) mass is 448 g/mol. The van der Waals surface area contributed by atoms with E-state index in [0.29, 0.717) is 25.3 Å². The summed E-state index contributed by atoms with van der Waals surface area (Å²) < 4.78 is 5.12. The lowest BCUT2D eigenvalue weighted by Crippen LogP contribution is -2.43. The normalized spacial score (nSPS) is 12.1. The first-order chi connectivity index (χ1) is 11.1. The smallest absolute Gasteiger partial charge is 0.251 e. The molecular weight excluding hydrogens is 419 g/mol. The molecule has 1 aromatic carbocycles. The summed E-state index contributed by atoms with van der Waals surface area (Å²) in [5.41, 5.74) is 1.72. The van der Waals surface area contributed by atoms with Gasteiger partial charge in [0, 0.05) is 31.8 Å². The number of guanidine groups is 1. The van der Waals surface area contributed by atoms with Crippen LogP contribution in [0.3, 0.4) is 0 Å². The molecule has 0 aliphatic carbocycles. The molecule has 0 aromatic heterocycles. The number of ether oxygens (including phenoxy) is 1. The van der Waals surface area contributed by atoms with Gasteiger partial charge in [-0.3, -0.25) is 4.79 Å². The van der Waals surface area contributed by atoms with Gasteiger partial charge in [-0.25, -0.2) is 4.99 Å². The van der Waals surface area contributed by atoms with Gasteiger partial charge in [-0.15, -0.1) is 24.0 Å². The molecule has 7 heteroatoms. The highest BCUT2D eigenvalue weighted by Crippen LogP contribution is 2.06. The summed E-state index contributed by atoms with van der Waals surface area (Å²) in [6.07, 6.45) is 0. The maximum atomic E-state index is 11.7. The second-order valence-corrected chi connectivity index (χ2v) is 5.25. The molecule has 0 heterocycles. The Kier molecular flexibility index (Phi) is 12.3. The van der Waals surface area contributed by atoms with Gasteiger partial charge in [-0.1, -0.05) is 12.1 Å². The summed E-state index contributed by atoms with van der Waals surface area (Å²) in [5.74, 6) is 0.704. The van der Waals surface area contributed by atoms with Crippen LogP contribution in [0, 0.1) is 0 Å². The van der Waals surface area contributed by atoms with Crippen LogP contribution in [-0.4, -0.2) is 44.7 Å². The van der Waals surface area contributed by atoms with E-state index in [0.717, 1.165) is 18.1 Å². The van der Waals surface area contributed by atoms with Crippen LogP contribution < -0.4 is 16.0 Å². The highest BCUT2D eigenvalue weighted by molar-refractivity contribution is 14.0. The van der Waals surface area contributed by atoms with Crippen LogP contribution in [0.25, 0.3) is 0 Å². The SMILES string of the molecule is CCNC(=O)c1ccc(CN=C(NCC)NC(C)COC)cc1.I. The van der Waals surface area contributed by atoms with Crippen molar-refractivity contribution in [3.8, 4) is 0 Å². The van der Waals surface area contributed by atoms with Crippen molar-refractivity contribution in [2.75, 3.05) is 26.8 Å². The average Bonchev–Trinajstić information content (AvgIpc) is 2.54. The summed E-state index contributed by atoms with van der Waals surface area (Å²) in [6.45, 7) is 8.55. The van der Waals surface area contributed by atoms with Crippen LogP contribution in [-0.2, 0) is 11.3 Å².